The van der Waals surface area contributed by atoms with Gasteiger partial charge in [0.25, 0.3) is 0 Å². The maximum Gasteiger partial charge on any atom is 0.0928 e. The maximum atomic E-state index is 10.5. The lowest BCUT2D eigenvalue weighted by Crippen LogP contribution is -2.44. The smallest absolute Gasteiger partial charge is 0.0928 e. The molecule has 0 radical (unpaired) electrons. The average molecular weight is 363 g/mol. The second kappa shape index (κ2) is 8.83. The Labute approximate surface area is 156 Å². The zero-order valence-electron chi connectivity index (χ0n) is 15.8. The van der Waals surface area contributed by atoms with Gasteiger partial charge in [-0.2, -0.15) is 5.10 Å². The molecule has 4 heterocycles. The Bertz CT molecular complexity index is 544. The molecule has 1 aromatic rings. The number of aliphatic hydroxyl groups is 1. The van der Waals surface area contributed by atoms with Gasteiger partial charge in [-0.25, -0.2) is 0 Å². The Balaban J connectivity index is 1.25. The van der Waals surface area contributed by atoms with Crippen LogP contribution < -0.4 is 5.32 Å². The Morgan fingerprint density at radius 3 is 2.65 bits per heavy atom. The second-order valence-electron chi connectivity index (χ2n) is 8.32. The van der Waals surface area contributed by atoms with Crippen LogP contribution in [0.3, 0.4) is 0 Å². The third kappa shape index (κ3) is 4.47. The third-order valence-corrected chi connectivity index (χ3v) is 6.49. The molecule has 3 saturated heterocycles. The first-order valence-electron chi connectivity index (χ1n) is 10.6. The normalized spacial score (nSPS) is 28.3. The van der Waals surface area contributed by atoms with Crippen molar-refractivity contribution >= 4 is 0 Å². The molecule has 3 aliphatic rings. The van der Waals surface area contributed by atoms with Crippen LogP contribution in [0.25, 0.3) is 0 Å². The molecule has 0 amide bonds. The van der Waals surface area contributed by atoms with Crippen LogP contribution >= 0.6 is 0 Å². The van der Waals surface area contributed by atoms with Crippen molar-refractivity contribution in [2.24, 2.45) is 0 Å². The van der Waals surface area contributed by atoms with Gasteiger partial charge in [-0.05, 0) is 77.2 Å². The number of ether oxygens (including phenoxy) is 1. The number of β-amino-alcohol motifs (C(OH)–C–C–N with tert-alkyl or cyclic N) is 1. The zero-order valence-corrected chi connectivity index (χ0v) is 15.8. The Kier molecular flexibility index (Phi) is 6.25. The molecule has 3 N–H and O–H groups in total. The number of H-pyrrole nitrogens is 1. The fourth-order valence-corrected chi connectivity index (χ4v) is 4.77. The molecule has 2 unspecified atom stereocenters. The maximum absolute atomic E-state index is 10.5. The first-order valence-corrected chi connectivity index (χ1v) is 10.6. The minimum Gasteiger partial charge on any atom is -0.389 e. The van der Waals surface area contributed by atoms with Crippen molar-refractivity contribution < 1.29 is 9.84 Å². The Hall–Kier alpha value is -0.950. The van der Waals surface area contributed by atoms with Gasteiger partial charge in [0, 0.05) is 30.7 Å². The summed E-state index contributed by atoms with van der Waals surface area (Å²) in [6.07, 6.45) is 7.71. The molecule has 0 saturated carbocycles. The van der Waals surface area contributed by atoms with Gasteiger partial charge in [-0.3, -0.25) is 5.10 Å². The van der Waals surface area contributed by atoms with Crippen molar-refractivity contribution in [1.29, 1.82) is 0 Å². The van der Waals surface area contributed by atoms with Crippen molar-refractivity contribution in [3.05, 3.63) is 17.5 Å². The van der Waals surface area contributed by atoms with Gasteiger partial charge in [-0.15, -0.1) is 0 Å². The highest BCUT2D eigenvalue weighted by molar-refractivity contribution is 5.18. The standard InChI is InChI=1S/C20H34N4O2/c25-19(20-3-1-2-12-26-20)14-24-10-6-16(7-11-24)18-13-17(22-23-18)15-4-8-21-9-5-15/h13,15-16,19-21,25H,1-12,14H2,(H,22,23). The SMILES string of the molecule is OC(CN1CCC(c2cc(C3CCNCC3)n[nH]2)CC1)C1CCCCO1. The first-order chi connectivity index (χ1) is 12.8. The van der Waals surface area contributed by atoms with E-state index in [0.29, 0.717) is 11.8 Å². The Morgan fingerprint density at radius 2 is 1.92 bits per heavy atom. The molecule has 6 heteroatoms. The minimum atomic E-state index is -0.342. The van der Waals surface area contributed by atoms with Gasteiger partial charge < -0.3 is 20.1 Å². The number of aromatic amines is 1. The predicted octanol–water partition coefficient (Wildman–Crippen LogP) is 1.99. The van der Waals surface area contributed by atoms with E-state index in [1.807, 2.05) is 0 Å². The van der Waals surface area contributed by atoms with E-state index < -0.39 is 0 Å². The van der Waals surface area contributed by atoms with Gasteiger partial charge in [0.05, 0.1) is 17.9 Å². The summed E-state index contributed by atoms with van der Waals surface area (Å²) in [6, 6.07) is 2.32. The lowest BCUT2D eigenvalue weighted by molar-refractivity contribution is -0.0729. The third-order valence-electron chi connectivity index (χ3n) is 6.49. The van der Waals surface area contributed by atoms with Crippen LogP contribution in [0, 0.1) is 0 Å². The number of aliphatic hydroxyl groups excluding tert-OH is 1. The summed E-state index contributed by atoms with van der Waals surface area (Å²) in [5, 5.41) is 21.8. The van der Waals surface area contributed by atoms with Crippen LogP contribution in [0.15, 0.2) is 6.07 Å². The zero-order chi connectivity index (χ0) is 17.8. The van der Waals surface area contributed by atoms with E-state index in [1.165, 1.54) is 30.7 Å². The van der Waals surface area contributed by atoms with Gasteiger partial charge >= 0.3 is 0 Å². The number of nitrogens with one attached hydrogen (secondary N) is 2. The summed E-state index contributed by atoms with van der Waals surface area (Å²) >= 11 is 0. The monoisotopic (exact) mass is 362 g/mol. The molecule has 3 fully saturated rings. The largest absolute Gasteiger partial charge is 0.389 e. The molecule has 146 valence electrons. The number of nitrogens with zero attached hydrogens (tertiary/aromatic N) is 2. The topological polar surface area (TPSA) is 73.4 Å². The van der Waals surface area contributed by atoms with Crippen molar-refractivity contribution in [2.45, 2.75) is 69.0 Å². The lowest BCUT2D eigenvalue weighted by Gasteiger charge is -2.35. The van der Waals surface area contributed by atoms with E-state index >= 15 is 0 Å². The second-order valence-corrected chi connectivity index (χ2v) is 8.32. The highest BCUT2D eigenvalue weighted by atomic mass is 16.5. The summed E-state index contributed by atoms with van der Waals surface area (Å²) in [5.41, 5.74) is 2.57. The quantitative estimate of drug-likeness (QED) is 0.747. The Morgan fingerprint density at radius 1 is 1.12 bits per heavy atom. The van der Waals surface area contributed by atoms with E-state index in [2.05, 4.69) is 26.5 Å². The minimum absolute atomic E-state index is 0.0432. The van der Waals surface area contributed by atoms with Crippen LogP contribution in [-0.4, -0.2) is 71.7 Å². The van der Waals surface area contributed by atoms with Gasteiger partial charge in [0.2, 0.25) is 0 Å². The summed E-state index contributed by atoms with van der Waals surface area (Å²) < 4.78 is 5.74. The molecule has 26 heavy (non-hydrogen) atoms. The molecular formula is C20H34N4O2. The first kappa shape index (κ1) is 18.4. The number of hydrogen-bond acceptors (Lipinski definition) is 5. The van der Waals surface area contributed by atoms with Crippen LogP contribution in [0.5, 0.6) is 0 Å². The molecule has 3 aliphatic heterocycles. The van der Waals surface area contributed by atoms with Crippen LogP contribution in [0.2, 0.25) is 0 Å². The van der Waals surface area contributed by atoms with E-state index in [1.54, 1.807) is 0 Å². The number of aromatic nitrogens is 2. The number of piperidine rings is 2. The number of hydrogen-bond donors (Lipinski definition) is 3. The molecule has 1 aromatic heterocycles. The molecule has 2 atom stereocenters. The van der Waals surface area contributed by atoms with Gasteiger partial charge in [-0.1, -0.05) is 0 Å². The van der Waals surface area contributed by atoms with Gasteiger partial charge in [0.15, 0.2) is 0 Å². The van der Waals surface area contributed by atoms with Crippen molar-refractivity contribution in [3.63, 3.8) is 0 Å². The summed E-state index contributed by atoms with van der Waals surface area (Å²) in [4.78, 5) is 2.41. The van der Waals surface area contributed by atoms with Crippen LogP contribution in [-0.2, 0) is 4.74 Å². The number of likely N-dealkylation sites (tertiary alicyclic amines) is 1. The molecule has 4 rings (SSSR count). The molecule has 0 bridgehead atoms. The van der Waals surface area contributed by atoms with Crippen molar-refractivity contribution in [2.75, 3.05) is 39.3 Å². The van der Waals surface area contributed by atoms with E-state index in [4.69, 9.17) is 4.74 Å². The molecule has 0 spiro atoms. The molecule has 6 nitrogen and oxygen atoms in total. The average Bonchev–Trinajstić information content (AvgIpc) is 3.20. The van der Waals surface area contributed by atoms with Crippen LogP contribution in [0.4, 0.5) is 0 Å². The highest BCUT2D eigenvalue weighted by Crippen LogP contribution is 2.31. The molecule has 0 aliphatic carbocycles. The van der Waals surface area contributed by atoms with Crippen molar-refractivity contribution in [3.8, 4) is 0 Å². The summed E-state index contributed by atoms with van der Waals surface area (Å²) in [6.45, 7) is 5.88. The van der Waals surface area contributed by atoms with E-state index in [-0.39, 0.29) is 12.2 Å². The van der Waals surface area contributed by atoms with E-state index in [0.717, 1.165) is 65.0 Å². The summed E-state index contributed by atoms with van der Waals surface area (Å²) in [7, 11) is 0. The fourth-order valence-electron chi connectivity index (χ4n) is 4.77. The lowest BCUT2D eigenvalue weighted by atomic mass is 9.90. The molecule has 0 aromatic carbocycles. The van der Waals surface area contributed by atoms with Crippen molar-refractivity contribution in [1.82, 2.24) is 20.4 Å². The summed E-state index contributed by atoms with van der Waals surface area (Å²) in [5.74, 6) is 1.20. The highest BCUT2D eigenvalue weighted by Gasteiger charge is 2.28. The predicted molar refractivity (Wildman–Crippen MR) is 101 cm³/mol. The van der Waals surface area contributed by atoms with Gasteiger partial charge in [0.1, 0.15) is 0 Å². The number of rotatable bonds is 5. The van der Waals surface area contributed by atoms with E-state index in [9.17, 15) is 5.11 Å². The van der Waals surface area contributed by atoms with Crippen LogP contribution in [0.1, 0.15) is 68.2 Å². The fraction of sp³-hybridized carbons (Fsp3) is 0.850. The molecular weight excluding hydrogens is 328 g/mol.